The first kappa shape index (κ1) is 12.9. The summed E-state index contributed by atoms with van der Waals surface area (Å²) in [5.41, 5.74) is -3.06. The van der Waals surface area contributed by atoms with Crippen LogP contribution in [0.15, 0.2) is 17.8 Å². The van der Waals surface area contributed by atoms with Crippen LogP contribution in [0.4, 0.5) is 13.2 Å². The topological polar surface area (TPSA) is 47.9 Å². The fraction of sp³-hybridized carbons (Fsp3) is 0.500. The van der Waals surface area contributed by atoms with Gasteiger partial charge in [0.15, 0.2) is 5.11 Å². The van der Waals surface area contributed by atoms with E-state index in [2.05, 4.69) is 17.0 Å². The van der Waals surface area contributed by atoms with Gasteiger partial charge in [0, 0.05) is 19.2 Å². The molecule has 90 valence electrons. The zero-order valence-corrected chi connectivity index (χ0v) is 8.98. The standard InChI is InChI=1S/C8H10F3N3OS/c1-2-4-12-6(16)14-7(15,3-5-13-14)8(9,10)11/h2,5,15H,1,3-4H2,(H,12,16)/t7-/m0/s1. The van der Waals surface area contributed by atoms with Crippen LogP contribution >= 0.6 is 12.2 Å². The lowest BCUT2D eigenvalue weighted by Crippen LogP contribution is -2.58. The maximum Gasteiger partial charge on any atom is 0.438 e. The number of aliphatic hydroxyl groups is 1. The number of thiocarbonyl (C=S) groups is 1. The Bertz CT molecular complexity index is 331. The average molecular weight is 253 g/mol. The van der Waals surface area contributed by atoms with Crippen LogP contribution in [0.2, 0.25) is 0 Å². The van der Waals surface area contributed by atoms with E-state index in [4.69, 9.17) is 12.2 Å². The molecule has 1 rings (SSSR count). The highest BCUT2D eigenvalue weighted by atomic mass is 32.1. The molecule has 0 bridgehead atoms. The Morgan fingerprint density at radius 1 is 1.75 bits per heavy atom. The SMILES string of the molecule is C=CCNC(=S)N1N=CC[C@]1(O)C(F)(F)F. The first-order chi connectivity index (χ1) is 7.33. The number of halogens is 3. The summed E-state index contributed by atoms with van der Waals surface area (Å²) >= 11 is 4.69. The molecule has 1 aliphatic heterocycles. The van der Waals surface area contributed by atoms with E-state index in [0.717, 1.165) is 6.21 Å². The van der Waals surface area contributed by atoms with E-state index in [9.17, 15) is 18.3 Å². The van der Waals surface area contributed by atoms with Gasteiger partial charge in [0.2, 0.25) is 0 Å². The number of hydrogen-bond donors (Lipinski definition) is 2. The van der Waals surface area contributed by atoms with Crippen LogP contribution in [-0.2, 0) is 0 Å². The minimum Gasteiger partial charge on any atom is -0.362 e. The van der Waals surface area contributed by atoms with Crippen molar-refractivity contribution in [1.82, 2.24) is 10.3 Å². The van der Waals surface area contributed by atoms with Gasteiger partial charge < -0.3 is 10.4 Å². The van der Waals surface area contributed by atoms with E-state index in [1.54, 1.807) is 0 Å². The summed E-state index contributed by atoms with van der Waals surface area (Å²) in [5, 5.41) is 15.4. The number of alkyl halides is 3. The lowest BCUT2D eigenvalue weighted by atomic mass is 10.1. The molecular weight excluding hydrogens is 243 g/mol. The molecule has 16 heavy (non-hydrogen) atoms. The third kappa shape index (κ3) is 2.17. The molecule has 1 heterocycles. The largest absolute Gasteiger partial charge is 0.438 e. The molecule has 0 fully saturated rings. The normalized spacial score (nSPS) is 24.6. The molecule has 0 unspecified atom stereocenters. The van der Waals surface area contributed by atoms with Gasteiger partial charge >= 0.3 is 6.18 Å². The fourth-order valence-corrected chi connectivity index (χ4v) is 1.40. The van der Waals surface area contributed by atoms with Crippen molar-refractivity contribution in [2.45, 2.75) is 18.3 Å². The van der Waals surface area contributed by atoms with E-state index >= 15 is 0 Å². The van der Waals surface area contributed by atoms with Gasteiger partial charge in [-0.2, -0.15) is 23.3 Å². The number of rotatable bonds is 2. The summed E-state index contributed by atoms with van der Waals surface area (Å²) in [6, 6.07) is 0. The van der Waals surface area contributed by atoms with Gasteiger partial charge in [-0.1, -0.05) is 6.08 Å². The Hall–Kier alpha value is -1.15. The number of hydrogen-bond acceptors (Lipinski definition) is 3. The van der Waals surface area contributed by atoms with E-state index in [1.165, 1.54) is 6.08 Å². The van der Waals surface area contributed by atoms with Gasteiger partial charge in [-0.15, -0.1) is 6.58 Å². The Balaban J connectivity index is 2.83. The van der Waals surface area contributed by atoms with Crippen molar-refractivity contribution < 1.29 is 18.3 Å². The van der Waals surface area contributed by atoms with Crippen LogP contribution in [-0.4, -0.2) is 39.9 Å². The molecule has 0 amide bonds. The quantitative estimate of drug-likeness (QED) is 0.569. The second-order valence-electron chi connectivity index (χ2n) is 3.10. The predicted octanol–water partition coefficient (Wildman–Crippen LogP) is 0.989. The molecule has 0 aromatic carbocycles. The Morgan fingerprint density at radius 2 is 2.38 bits per heavy atom. The van der Waals surface area contributed by atoms with E-state index in [-0.39, 0.29) is 11.7 Å². The van der Waals surface area contributed by atoms with Crippen LogP contribution in [0.25, 0.3) is 0 Å². The van der Waals surface area contributed by atoms with Crippen LogP contribution in [0.5, 0.6) is 0 Å². The number of nitrogens with one attached hydrogen (secondary N) is 1. The molecule has 1 atom stereocenters. The second-order valence-corrected chi connectivity index (χ2v) is 3.49. The van der Waals surface area contributed by atoms with Crippen LogP contribution in [0.1, 0.15) is 6.42 Å². The van der Waals surface area contributed by atoms with E-state index in [1.807, 2.05) is 0 Å². The van der Waals surface area contributed by atoms with Gasteiger partial charge in [0.1, 0.15) is 0 Å². The summed E-state index contributed by atoms with van der Waals surface area (Å²) in [7, 11) is 0. The maximum absolute atomic E-state index is 12.6. The minimum absolute atomic E-state index is 0.193. The Kier molecular flexibility index (Phi) is 3.54. The summed E-state index contributed by atoms with van der Waals surface area (Å²) in [6.07, 6.45) is -3.08. The fourth-order valence-electron chi connectivity index (χ4n) is 1.12. The molecule has 0 saturated heterocycles. The van der Waals surface area contributed by atoms with Crippen LogP contribution in [0.3, 0.4) is 0 Å². The van der Waals surface area contributed by atoms with Gasteiger partial charge in [0.25, 0.3) is 5.72 Å². The molecule has 0 spiro atoms. The molecule has 0 radical (unpaired) electrons. The summed E-state index contributed by atoms with van der Waals surface area (Å²) in [5.74, 6) is 0. The highest BCUT2D eigenvalue weighted by Crippen LogP contribution is 2.38. The molecular formula is C8H10F3N3OS. The van der Waals surface area contributed by atoms with E-state index in [0.29, 0.717) is 5.01 Å². The van der Waals surface area contributed by atoms with Crippen molar-refractivity contribution in [3.8, 4) is 0 Å². The third-order valence-corrected chi connectivity index (χ3v) is 2.28. The smallest absolute Gasteiger partial charge is 0.362 e. The molecule has 0 saturated carbocycles. The predicted molar refractivity (Wildman–Crippen MR) is 56.8 cm³/mol. The highest BCUT2D eigenvalue weighted by molar-refractivity contribution is 7.80. The molecule has 0 aromatic heterocycles. The van der Waals surface area contributed by atoms with Crippen LogP contribution < -0.4 is 5.32 Å². The molecule has 0 aromatic rings. The molecule has 2 N–H and O–H groups in total. The first-order valence-electron chi connectivity index (χ1n) is 4.33. The molecule has 0 aliphatic carbocycles. The average Bonchev–Trinajstić information content (AvgIpc) is 2.57. The van der Waals surface area contributed by atoms with Gasteiger partial charge in [-0.25, -0.2) is 0 Å². The van der Waals surface area contributed by atoms with Crippen molar-refractivity contribution in [3.63, 3.8) is 0 Å². The Morgan fingerprint density at radius 3 is 2.88 bits per heavy atom. The molecule has 4 nitrogen and oxygen atoms in total. The number of hydrazone groups is 1. The van der Waals surface area contributed by atoms with E-state index < -0.39 is 18.3 Å². The monoisotopic (exact) mass is 253 g/mol. The zero-order chi connectivity index (χ0) is 12.4. The summed E-state index contributed by atoms with van der Waals surface area (Å²) in [4.78, 5) is 0. The lowest BCUT2D eigenvalue weighted by Gasteiger charge is -2.33. The zero-order valence-electron chi connectivity index (χ0n) is 8.16. The minimum atomic E-state index is -4.83. The third-order valence-electron chi connectivity index (χ3n) is 1.97. The Labute approximate surface area is 95.4 Å². The lowest BCUT2D eigenvalue weighted by molar-refractivity contribution is -0.294. The van der Waals surface area contributed by atoms with Crippen molar-refractivity contribution >= 4 is 23.5 Å². The van der Waals surface area contributed by atoms with Crippen molar-refractivity contribution in [3.05, 3.63) is 12.7 Å². The molecule has 1 aliphatic rings. The van der Waals surface area contributed by atoms with Crippen molar-refractivity contribution in [2.75, 3.05) is 6.54 Å². The number of nitrogens with zero attached hydrogens (tertiary/aromatic N) is 2. The highest BCUT2D eigenvalue weighted by Gasteiger charge is 2.60. The first-order valence-corrected chi connectivity index (χ1v) is 4.74. The van der Waals surface area contributed by atoms with Crippen LogP contribution in [0, 0.1) is 0 Å². The van der Waals surface area contributed by atoms with Gasteiger partial charge in [0.05, 0.1) is 0 Å². The summed E-state index contributed by atoms with van der Waals surface area (Å²) < 4.78 is 37.8. The molecule has 8 heteroatoms. The van der Waals surface area contributed by atoms with Gasteiger partial charge in [-0.3, -0.25) is 0 Å². The second kappa shape index (κ2) is 4.38. The summed E-state index contributed by atoms with van der Waals surface area (Å²) in [6.45, 7) is 3.57. The van der Waals surface area contributed by atoms with Crippen molar-refractivity contribution in [1.29, 1.82) is 0 Å². The van der Waals surface area contributed by atoms with Crippen molar-refractivity contribution in [2.24, 2.45) is 5.10 Å². The van der Waals surface area contributed by atoms with Gasteiger partial charge in [-0.05, 0) is 12.2 Å². The maximum atomic E-state index is 12.6.